The molecule has 0 fully saturated rings. The summed E-state index contributed by atoms with van der Waals surface area (Å²) in [4.78, 5) is 18.1. The summed E-state index contributed by atoms with van der Waals surface area (Å²) in [6.07, 6.45) is 0. The molecular weight excluding hydrogens is 248 g/mol. The number of aromatic nitrogens is 2. The first-order chi connectivity index (χ1) is 8.95. The molecule has 2 rings (SSSR count). The molecule has 0 bridgehead atoms. The third-order valence-electron chi connectivity index (χ3n) is 2.44. The smallest absolute Gasteiger partial charge is 0.274 e. The molecule has 0 radical (unpaired) electrons. The van der Waals surface area contributed by atoms with Crippen LogP contribution in [0, 0.1) is 17.0 Å². The maximum atomic E-state index is 10.8. The fourth-order valence-corrected chi connectivity index (χ4v) is 1.58. The normalized spacial score (nSPS) is 10.2. The van der Waals surface area contributed by atoms with Crippen molar-refractivity contribution >= 4 is 29.0 Å². The van der Waals surface area contributed by atoms with Gasteiger partial charge >= 0.3 is 0 Å². The number of benzene rings is 1. The molecule has 0 saturated heterocycles. The lowest BCUT2D eigenvalue weighted by atomic mass is 10.2. The van der Waals surface area contributed by atoms with Crippen molar-refractivity contribution in [3.8, 4) is 0 Å². The summed E-state index contributed by atoms with van der Waals surface area (Å²) in [6, 6.07) is 6.26. The zero-order valence-electron chi connectivity index (χ0n) is 10.1. The van der Waals surface area contributed by atoms with Gasteiger partial charge in [0.25, 0.3) is 5.69 Å². The first-order valence-electron chi connectivity index (χ1n) is 5.38. The average Bonchev–Trinajstić information content (AvgIpc) is 2.30. The van der Waals surface area contributed by atoms with Crippen LogP contribution in [0.2, 0.25) is 0 Å². The van der Waals surface area contributed by atoms with E-state index in [1.54, 1.807) is 19.1 Å². The molecule has 98 valence electrons. The standard InChI is InChI=1S/C11H12N6O2/c1-6-2-3-7(4-8(6)17(18)19)14-10-5-9(12)15-11(13)16-10/h2-5H,1H3,(H5,12,13,14,15,16). The second-order valence-corrected chi connectivity index (χ2v) is 3.92. The van der Waals surface area contributed by atoms with Gasteiger partial charge in [-0.25, -0.2) is 0 Å². The molecule has 1 aromatic heterocycles. The molecule has 0 aliphatic heterocycles. The highest BCUT2D eigenvalue weighted by Gasteiger charge is 2.11. The van der Waals surface area contributed by atoms with Crippen LogP contribution >= 0.6 is 0 Å². The topological polar surface area (TPSA) is 133 Å². The Morgan fingerprint density at radius 1 is 1.26 bits per heavy atom. The van der Waals surface area contributed by atoms with Gasteiger partial charge in [-0.2, -0.15) is 9.97 Å². The molecule has 0 aliphatic rings. The Bertz CT molecular complexity index is 623. The Morgan fingerprint density at radius 3 is 2.63 bits per heavy atom. The van der Waals surface area contributed by atoms with Crippen LogP contribution in [0.1, 0.15) is 5.56 Å². The molecule has 1 aromatic carbocycles. The van der Waals surface area contributed by atoms with Crippen LogP contribution in [0.25, 0.3) is 0 Å². The zero-order chi connectivity index (χ0) is 14.0. The van der Waals surface area contributed by atoms with E-state index < -0.39 is 4.92 Å². The lowest BCUT2D eigenvalue weighted by Gasteiger charge is -2.07. The second kappa shape index (κ2) is 4.77. The van der Waals surface area contributed by atoms with E-state index >= 15 is 0 Å². The Labute approximate surface area is 108 Å². The van der Waals surface area contributed by atoms with E-state index in [9.17, 15) is 10.1 Å². The molecule has 2 aromatic rings. The van der Waals surface area contributed by atoms with Crippen molar-refractivity contribution in [1.29, 1.82) is 0 Å². The number of nitrogens with zero attached hydrogens (tertiary/aromatic N) is 3. The van der Waals surface area contributed by atoms with Crippen LogP contribution in [0.4, 0.5) is 29.0 Å². The maximum absolute atomic E-state index is 10.8. The number of aryl methyl sites for hydroxylation is 1. The van der Waals surface area contributed by atoms with Crippen molar-refractivity contribution < 1.29 is 4.92 Å². The number of nitrogen functional groups attached to an aromatic ring is 2. The number of nitrogens with two attached hydrogens (primary N) is 2. The quantitative estimate of drug-likeness (QED) is 0.563. The minimum Gasteiger partial charge on any atom is -0.383 e. The summed E-state index contributed by atoms with van der Waals surface area (Å²) in [5.74, 6) is 0.629. The number of anilines is 4. The predicted octanol–water partition coefficient (Wildman–Crippen LogP) is 1.60. The van der Waals surface area contributed by atoms with Crippen molar-refractivity contribution in [1.82, 2.24) is 9.97 Å². The second-order valence-electron chi connectivity index (χ2n) is 3.92. The highest BCUT2D eigenvalue weighted by atomic mass is 16.6. The molecule has 0 aliphatic carbocycles. The maximum Gasteiger partial charge on any atom is 0.274 e. The Kier molecular flexibility index (Phi) is 3.15. The molecule has 19 heavy (non-hydrogen) atoms. The summed E-state index contributed by atoms with van der Waals surface area (Å²) in [5.41, 5.74) is 12.1. The molecule has 1 heterocycles. The number of nitrogens with one attached hydrogen (secondary N) is 1. The van der Waals surface area contributed by atoms with E-state index in [4.69, 9.17) is 11.5 Å². The molecule has 8 nitrogen and oxygen atoms in total. The molecule has 8 heteroatoms. The largest absolute Gasteiger partial charge is 0.383 e. The van der Waals surface area contributed by atoms with Crippen LogP contribution < -0.4 is 16.8 Å². The third-order valence-corrected chi connectivity index (χ3v) is 2.44. The average molecular weight is 260 g/mol. The van der Waals surface area contributed by atoms with E-state index in [-0.39, 0.29) is 17.5 Å². The number of hydrogen-bond donors (Lipinski definition) is 3. The van der Waals surface area contributed by atoms with Gasteiger partial charge in [0, 0.05) is 23.4 Å². The summed E-state index contributed by atoms with van der Waals surface area (Å²) in [5, 5.41) is 13.7. The minimum absolute atomic E-state index is 0.0278. The van der Waals surface area contributed by atoms with Crippen molar-refractivity contribution in [2.45, 2.75) is 6.92 Å². The Morgan fingerprint density at radius 2 is 2.00 bits per heavy atom. The first kappa shape index (κ1) is 12.6. The van der Waals surface area contributed by atoms with Crippen molar-refractivity contribution in [3.05, 3.63) is 39.9 Å². The van der Waals surface area contributed by atoms with Gasteiger partial charge < -0.3 is 16.8 Å². The minimum atomic E-state index is -0.441. The number of nitro groups is 1. The number of rotatable bonds is 3. The summed E-state index contributed by atoms with van der Waals surface area (Å²) in [6.45, 7) is 1.67. The van der Waals surface area contributed by atoms with Gasteiger partial charge in [-0.05, 0) is 13.0 Å². The molecule has 0 unspecified atom stereocenters. The molecule has 0 atom stereocenters. The highest BCUT2D eigenvalue weighted by molar-refractivity contribution is 5.63. The molecular formula is C11H12N6O2. The lowest BCUT2D eigenvalue weighted by molar-refractivity contribution is -0.385. The van der Waals surface area contributed by atoms with Crippen molar-refractivity contribution in [2.75, 3.05) is 16.8 Å². The van der Waals surface area contributed by atoms with Crippen molar-refractivity contribution in [3.63, 3.8) is 0 Å². The van der Waals surface area contributed by atoms with Crippen LogP contribution in [-0.4, -0.2) is 14.9 Å². The van der Waals surface area contributed by atoms with Gasteiger partial charge in [0.15, 0.2) is 0 Å². The van der Waals surface area contributed by atoms with E-state index in [0.717, 1.165) is 0 Å². The van der Waals surface area contributed by atoms with E-state index in [2.05, 4.69) is 15.3 Å². The van der Waals surface area contributed by atoms with Gasteiger partial charge in [-0.1, -0.05) is 6.07 Å². The SMILES string of the molecule is Cc1ccc(Nc2cc(N)nc(N)n2)cc1[N+](=O)[O-]. The third kappa shape index (κ3) is 2.86. The molecule has 0 amide bonds. The van der Waals surface area contributed by atoms with E-state index in [1.807, 2.05) is 0 Å². The monoisotopic (exact) mass is 260 g/mol. The van der Waals surface area contributed by atoms with Gasteiger partial charge in [0.05, 0.1) is 4.92 Å². The molecule has 5 N–H and O–H groups in total. The predicted molar refractivity (Wildman–Crippen MR) is 72.0 cm³/mol. The van der Waals surface area contributed by atoms with Crippen molar-refractivity contribution in [2.24, 2.45) is 0 Å². The molecule has 0 saturated carbocycles. The zero-order valence-corrected chi connectivity index (χ0v) is 10.1. The first-order valence-corrected chi connectivity index (χ1v) is 5.38. The van der Waals surface area contributed by atoms with Crippen LogP contribution in [-0.2, 0) is 0 Å². The highest BCUT2D eigenvalue weighted by Crippen LogP contribution is 2.24. The number of hydrogen-bond acceptors (Lipinski definition) is 7. The molecule has 0 spiro atoms. The fraction of sp³-hybridized carbons (Fsp3) is 0.0909. The van der Waals surface area contributed by atoms with Gasteiger partial charge in [0.2, 0.25) is 5.95 Å². The van der Waals surface area contributed by atoms with E-state index in [1.165, 1.54) is 12.1 Å². The summed E-state index contributed by atoms with van der Waals surface area (Å²) in [7, 11) is 0. The van der Waals surface area contributed by atoms with Gasteiger partial charge in [-0.3, -0.25) is 10.1 Å². The van der Waals surface area contributed by atoms with Crippen LogP contribution in [0.5, 0.6) is 0 Å². The van der Waals surface area contributed by atoms with E-state index in [0.29, 0.717) is 17.1 Å². The van der Waals surface area contributed by atoms with Crippen LogP contribution in [0.3, 0.4) is 0 Å². The summed E-state index contributed by atoms with van der Waals surface area (Å²) >= 11 is 0. The Hall–Kier alpha value is -2.90. The fourth-order valence-electron chi connectivity index (χ4n) is 1.58. The summed E-state index contributed by atoms with van der Waals surface area (Å²) < 4.78 is 0. The van der Waals surface area contributed by atoms with Crippen LogP contribution in [0.15, 0.2) is 24.3 Å². The van der Waals surface area contributed by atoms with Gasteiger partial charge in [0.1, 0.15) is 11.6 Å². The van der Waals surface area contributed by atoms with Gasteiger partial charge in [-0.15, -0.1) is 0 Å². The lowest BCUT2D eigenvalue weighted by Crippen LogP contribution is -2.03. The number of nitro benzene ring substituents is 1. The Balaban J connectivity index is 2.33.